The van der Waals surface area contributed by atoms with Crippen molar-refractivity contribution in [1.82, 2.24) is 0 Å². The largest absolute Gasteiger partial charge is 0.508 e. The minimum absolute atomic E-state index is 0.0852. The second-order valence-electron chi connectivity index (χ2n) is 5.37. The van der Waals surface area contributed by atoms with Gasteiger partial charge >= 0.3 is 0 Å². The lowest BCUT2D eigenvalue weighted by Crippen LogP contribution is -2.08. The summed E-state index contributed by atoms with van der Waals surface area (Å²) in [6, 6.07) is 8.41. The third-order valence-corrected chi connectivity index (χ3v) is 5.87. The molecule has 0 aliphatic heterocycles. The van der Waals surface area contributed by atoms with Crippen LogP contribution in [-0.2, 0) is 16.3 Å². The number of hydrogen-bond donors (Lipinski definition) is 1. The number of benzene rings is 2. The lowest BCUT2D eigenvalue weighted by Gasteiger charge is -2.14. The van der Waals surface area contributed by atoms with Gasteiger partial charge in [0, 0.05) is 0 Å². The standard InChI is InChI=1S/C17H20O3S/c1-5-14-6-7-16(11(2)8-14)21(19,20)17-12(3)9-15(18)10-13(17)4/h6-10,18H,5H2,1-4H3. The molecule has 112 valence electrons. The van der Waals surface area contributed by atoms with E-state index in [0.717, 1.165) is 17.5 Å². The van der Waals surface area contributed by atoms with Crippen LogP contribution in [0.5, 0.6) is 5.75 Å². The Hall–Kier alpha value is -1.81. The molecule has 0 amide bonds. The van der Waals surface area contributed by atoms with E-state index in [1.54, 1.807) is 19.9 Å². The number of hydrogen-bond acceptors (Lipinski definition) is 3. The molecule has 2 aromatic rings. The zero-order valence-electron chi connectivity index (χ0n) is 12.8. The Kier molecular flexibility index (Phi) is 4.10. The molecule has 21 heavy (non-hydrogen) atoms. The highest BCUT2D eigenvalue weighted by Gasteiger charge is 2.24. The van der Waals surface area contributed by atoms with Crippen molar-refractivity contribution < 1.29 is 13.5 Å². The molecule has 0 aliphatic rings. The maximum Gasteiger partial charge on any atom is 0.207 e. The second kappa shape index (κ2) is 5.53. The molecule has 0 bridgehead atoms. The van der Waals surface area contributed by atoms with Crippen molar-refractivity contribution in [2.45, 2.75) is 43.9 Å². The van der Waals surface area contributed by atoms with Crippen molar-refractivity contribution in [2.75, 3.05) is 0 Å². The molecular formula is C17H20O3S. The first-order valence-corrected chi connectivity index (χ1v) is 8.40. The van der Waals surface area contributed by atoms with Gasteiger partial charge in [-0.15, -0.1) is 0 Å². The van der Waals surface area contributed by atoms with Gasteiger partial charge in [-0.1, -0.05) is 19.1 Å². The zero-order chi connectivity index (χ0) is 15.8. The molecule has 0 spiro atoms. The quantitative estimate of drug-likeness (QED) is 0.940. The van der Waals surface area contributed by atoms with Gasteiger partial charge in [-0.2, -0.15) is 0 Å². The molecule has 2 rings (SSSR count). The first kappa shape index (κ1) is 15.6. The molecule has 0 fully saturated rings. The Morgan fingerprint density at radius 1 is 0.952 bits per heavy atom. The zero-order valence-corrected chi connectivity index (χ0v) is 13.6. The number of phenolic OH excluding ortho intramolecular Hbond substituents is 1. The van der Waals surface area contributed by atoms with E-state index in [1.807, 2.05) is 26.0 Å². The van der Waals surface area contributed by atoms with Gasteiger partial charge in [-0.3, -0.25) is 0 Å². The summed E-state index contributed by atoms with van der Waals surface area (Å²) in [5.74, 6) is 0.0852. The highest BCUT2D eigenvalue weighted by atomic mass is 32.2. The third-order valence-electron chi connectivity index (χ3n) is 3.65. The summed E-state index contributed by atoms with van der Waals surface area (Å²) < 4.78 is 25.9. The summed E-state index contributed by atoms with van der Waals surface area (Å²) in [5.41, 5.74) is 2.99. The fourth-order valence-electron chi connectivity index (χ4n) is 2.69. The Morgan fingerprint density at radius 2 is 1.52 bits per heavy atom. The first-order chi connectivity index (χ1) is 9.77. The molecule has 1 N–H and O–H groups in total. The number of rotatable bonds is 3. The maximum absolute atomic E-state index is 12.9. The molecule has 4 heteroatoms. The van der Waals surface area contributed by atoms with Crippen LogP contribution in [0, 0.1) is 20.8 Å². The Labute approximate surface area is 126 Å². The van der Waals surface area contributed by atoms with Crippen molar-refractivity contribution in [3.8, 4) is 5.75 Å². The predicted molar refractivity (Wildman–Crippen MR) is 83.6 cm³/mol. The van der Waals surface area contributed by atoms with Crippen LogP contribution < -0.4 is 0 Å². The number of sulfone groups is 1. The fourth-order valence-corrected chi connectivity index (χ4v) is 4.61. The monoisotopic (exact) mass is 304 g/mol. The molecule has 0 saturated carbocycles. The summed E-state index contributed by atoms with van der Waals surface area (Å²) >= 11 is 0. The van der Waals surface area contributed by atoms with Crippen molar-refractivity contribution in [1.29, 1.82) is 0 Å². The molecular weight excluding hydrogens is 284 g/mol. The van der Waals surface area contributed by atoms with Gasteiger partial charge in [-0.05, 0) is 67.6 Å². The van der Waals surface area contributed by atoms with Gasteiger partial charge in [-0.25, -0.2) is 8.42 Å². The average molecular weight is 304 g/mol. The van der Waals surface area contributed by atoms with E-state index in [4.69, 9.17) is 0 Å². The van der Waals surface area contributed by atoms with Gasteiger partial charge < -0.3 is 5.11 Å². The summed E-state index contributed by atoms with van der Waals surface area (Å²) in [6.07, 6.45) is 0.873. The SMILES string of the molecule is CCc1ccc(S(=O)(=O)c2c(C)cc(O)cc2C)c(C)c1. The van der Waals surface area contributed by atoms with Crippen LogP contribution in [0.15, 0.2) is 40.1 Å². The van der Waals surface area contributed by atoms with E-state index in [2.05, 4.69) is 0 Å². The van der Waals surface area contributed by atoms with Gasteiger partial charge in [0.1, 0.15) is 5.75 Å². The fraction of sp³-hybridized carbons (Fsp3) is 0.294. The lowest BCUT2D eigenvalue weighted by molar-refractivity contribution is 0.473. The van der Waals surface area contributed by atoms with Crippen molar-refractivity contribution in [2.24, 2.45) is 0 Å². The predicted octanol–water partition coefficient (Wildman–Crippen LogP) is 3.71. The normalized spacial score (nSPS) is 11.6. The van der Waals surface area contributed by atoms with E-state index in [1.165, 1.54) is 12.1 Å². The highest BCUT2D eigenvalue weighted by molar-refractivity contribution is 7.91. The van der Waals surface area contributed by atoms with Crippen LogP contribution in [-0.4, -0.2) is 13.5 Å². The molecule has 0 aliphatic carbocycles. The third kappa shape index (κ3) is 2.81. The maximum atomic E-state index is 12.9. The van der Waals surface area contributed by atoms with Crippen LogP contribution in [0.25, 0.3) is 0 Å². The van der Waals surface area contributed by atoms with Crippen molar-refractivity contribution in [3.63, 3.8) is 0 Å². The topological polar surface area (TPSA) is 54.4 Å². The van der Waals surface area contributed by atoms with Crippen LogP contribution in [0.4, 0.5) is 0 Å². The molecule has 0 aromatic heterocycles. The van der Waals surface area contributed by atoms with E-state index in [9.17, 15) is 13.5 Å². The second-order valence-corrected chi connectivity index (χ2v) is 7.22. The van der Waals surface area contributed by atoms with Crippen LogP contribution in [0.3, 0.4) is 0 Å². The summed E-state index contributed by atoms with van der Waals surface area (Å²) in [6.45, 7) is 7.26. The molecule has 0 radical (unpaired) electrons. The number of aryl methyl sites for hydroxylation is 4. The molecule has 0 heterocycles. The van der Waals surface area contributed by atoms with Crippen LogP contribution >= 0.6 is 0 Å². The van der Waals surface area contributed by atoms with E-state index >= 15 is 0 Å². The van der Waals surface area contributed by atoms with Crippen molar-refractivity contribution in [3.05, 3.63) is 52.6 Å². The van der Waals surface area contributed by atoms with E-state index < -0.39 is 9.84 Å². The van der Waals surface area contributed by atoms with Gasteiger partial charge in [0.05, 0.1) is 9.79 Å². The average Bonchev–Trinajstić information content (AvgIpc) is 2.36. The van der Waals surface area contributed by atoms with Gasteiger partial charge in [0.2, 0.25) is 9.84 Å². The molecule has 0 unspecified atom stereocenters. The minimum atomic E-state index is -3.58. The minimum Gasteiger partial charge on any atom is -0.508 e. The Balaban J connectivity index is 2.69. The summed E-state index contributed by atoms with van der Waals surface area (Å²) in [7, 11) is -3.58. The highest BCUT2D eigenvalue weighted by Crippen LogP contribution is 2.31. The van der Waals surface area contributed by atoms with E-state index in [-0.39, 0.29) is 10.6 Å². The lowest BCUT2D eigenvalue weighted by atomic mass is 10.1. The number of aromatic hydroxyl groups is 1. The van der Waals surface area contributed by atoms with Crippen LogP contribution in [0.1, 0.15) is 29.2 Å². The Bertz CT molecular complexity index is 767. The molecule has 2 aromatic carbocycles. The number of phenols is 1. The molecule has 3 nitrogen and oxygen atoms in total. The summed E-state index contributed by atoms with van der Waals surface area (Å²) in [4.78, 5) is 0.615. The van der Waals surface area contributed by atoms with Gasteiger partial charge in [0.25, 0.3) is 0 Å². The van der Waals surface area contributed by atoms with Gasteiger partial charge in [0.15, 0.2) is 0 Å². The smallest absolute Gasteiger partial charge is 0.207 e. The molecule has 0 saturated heterocycles. The van der Waals surface area contributed by atoms with E-state index in [0.29, 0.717) is 16.0 Å². The van der Waals surface area contributed by atoms with Crippen LogP contribution in [0.2, 0.25) is 0 Å². The Morgan fingerprint density at radius 3 is 2.00 bits per heavy atom. The first-order valence-electron chi connectivity index (χ1n) is 6.92. The van der Waals surface area contributed by atoms with Crippen molar-refractivity contribution >= 4 is 9.84 Å². The molecule has 0 atom stereocenters. The summed E-state index contributed by atoms with van der Waals surface area (Å²) in [5, 5.41) is 9.58.